The first-order valence-electron chi connectivity index (χ1n) is 9.33. The molecule has 0 amide bonds. The van der Waals surface area contributed by atoms with Gasteiger partial charge in [0.15, 0.2) is 16.0 Å². The number of carbonyl (C=O) groups excluding carboxylic acids is 1. The predicted octanol–water partition coefficient (Wildman–Crippen LogP) is 3.37. The van der Waals surface area contributed by atoms with E-state index in [0.717, 1.165) is 40.4 Å². The lowest BCUT2D eigenvalue weighted by molar-refractivity contribution is -0.671. The molecule has 0 spiro atoms. The predicted molar refractivity (Wildman–Crippen MR) is 110 cm³/mol. The van der Waals surface area contributed by atoms with Crippen molar-refractivity contribution in [3.8, 4) is 11.1 Å². The van der Waals surface area contributed by atoms with Crippen LogP contribution in [0.1, 0.15) is 23.3 Å². The zero-order valence-corrected chi connectivity index (χ0v) is 16.8. The maximum Gasteiger partial charge on any atom is 0.253 e. The Labute approximate surface area is 164 Å². The topological polar surface area (TPSA) is 67.1 Å². The molecule has 1 N–H and O–H groups in total. The molecule has 5 nitrogen and oxygen atoms in total. The van der Waals surface area contributed by atoms with Gasteiger partial charge in [0.25, 0.3) is 5.69 Å². The number of nitrogens with one attached hydrogen (secondary N) is 1. The van der Waals surface area contributed by atoms with E-state index in [1.165, 1.54) is 19.1 Å². The third kappa shape index (κ3) is 3.52. The molecular formula is C22H23N2O3S+. The fourth-order valence-electron chi connectivity index (χ4n) is 3.53. The summed E-state index contributed by atoms with van der Waals surface area (Å²) in [6.45, 7) is 0.877. The summed E-state index contributed by atoms with van der Waals surface area (Å²) in [5, 5.41) is 5.25. The second-order valence-corrected chi connectivity index (χ2v) is 9.52. The summed E-state index contributed by atoms with van der Waals surface area (Å²) in [4.78, 5) is 11.9. The number of aldehydes is 1. The maximum absolute atomic E-state index is 12.2. The number of carbonyl (C=O) groups is 1. The van der Waals surface area contributed by atoms with Crippen LogP contribution in [0.5, 0.6) is 0 Å². The first kappa shape index (κ1) is 18.6. The number of nitrogens with zero attached hydrogens (tertiary/aromatic N) is 1. The fraction of sp³-hybridized carbons (Fsp3) is 0.273. The summed E-state index contributed by atoms with van der Waals surface area (Å²) < 4.78 is 26.1. The Kier molecular flexibility index (Phi) is 4.67. The number of pyridine rings is 1. The Bertz CT molecular complexity index is 1180. The van der Waals surface area contributed by atoms with Crippen molar-refractivity contribution in [1.82, 2.24) is 0 Å². The molecular weight excluding hydrogens is 372 g/mol. The lowest BCUT2D eigenvalue weighted by Crippen LogP contribution is -2.33. The zero-order chi connectivity index (χ0) is 19.9. The van der Waals surface area contributed by atoms with E-state index >= 15 is 0 Å². The minimum Gasteiger partial charge on any atom is -0.384 e. The van der Waals surface area contributed by atoms with Crippen molar-refractivity contribution >= 4 is 32.6 Å². The molecule has 0 saturated heterocycles. The van der Waals surface area contributed by atoms with E-state index < -0.39 is 9.84 Å². The minimum absolute atomic E-state index is 0.283. The van der Waals surface area contributed by atoms with Crippen LogP contribution in [0.2, 0.25) is 0 Å². The monoisotopic (exact) mass is 395 g/mol. The molecule has 0 aliphatic heterocycles. The Balaban J connectivity index is 1.97. The Hall–Kier alpha value is -2.73. The Morgan fingerprint density at radius 3 is 2.46 bits per heavy atom. The molecule has 0 unspecified atom stereocenters. The van der Waals surface area contributed by atoms with E-state index in [-0.39, 0.29) is 4.90 Å². The summed E-state index contributed by atoms with van der Waals surface area (Å²) in [5.74, 6) is 0.688. The first-order valence-corrected chi connectivity index (χ1v) is 11.2. The number of rotatable bonds is 6. The average Bonchev–Trinajstić information content (AvgIpc) is 3.49. The van der Waals surface area contributed by atoms with Crippen molar-refractivity contribution in [2.24, 2.45) is 13.0 Å². The van der Waals surface area contributed by atoms with Crippen LogP contribution in [0, 0.1) is 5.92 Å². The molecule has 1 aliphatic carbocycles. The van der Waals surface area contributed by atoms with Gasteiger partial charge in [-0.3, -0.25) is 4.79 Å². The normalized spacial score (nSPS) is 14.2. The van der Waals surface area contributed by atoms with Crippen molar-refractivity contribution in [3.63, 3.8) is 0 Å². The van der Waals surface area contributed by atoms with Crippen molar-refractivity contribution in [1.29, 1.82) is 0 Å². The van der Waals surface area contributed by atoms with Gasteiger partial charge in [-0.05, 0) is 43.0 Å². The molecule has 1 aromatic heterocycles. The van der Waals surface area contributed by atoms with Crippen LogP contribution in [-0.4, -0.2) is 27.5 Å². The highest BCUT2D eigenvalue weighted by Gasteiger charge is 2.23. The standard InChI is InChI=1S/C22H22N2O3S/c1-24-13-20(17-5-3-4-6-18(17)22(24)14-25)19-11-16(28(2,26)27)9-10-21(19)23-12-15-7-8-15/h3-6,9-11,13-15H,7-8,12H2,1-2H3/p+1. The number of aromatic nitrogens is 1. The third-order valence-corrected chi connectivity index (χ3v) is 6.41. The second-order valence-electron chi connectivity index (χ2n) is 7.51. The molecule has 3 aromatic rings. The highest BCUT2D eigenvalue weighted by atomic mass is 32.2. The van der Waals surface area contributed by atoms with Crippen LogP contribution in [0.3, 0.4) is 0 Å². The molecule has 2 aromatic carbocycles. The molecule has 0 radical (unpaired) electrons. The smallest absolute Gasteiger partial charge is 0.253 e. The SMILES string of the molecule is C[n+]1cc(-c2cc(S(C)(=O)=O)ccc2NCC2CC2)c2ccccc2c1C=O. The second kappa shape index (κ2) is 7.02. The number of hydrogen-bond donors (Lipinski definition) is 1. The summed E-state index contributed by atoms with van der Waals surface area (Å²) in [5.41, 5.74) is 3.22. The van der Waals surface area contributed by atoms with Crippen LogP contribution in [0.25, 0.3) is 21.9 Å². The van der Waals surface area contributed by atoms with Crippen LogP contribution in [0.4, 0.5) is 5.69 Å². The van der Waals surface area contributed by atoms with Gasteiger partial charge in [0.05, 0.1) is 15.8 Å². The number of hydrogen-bond acceptors (Lipinski definition) is 4. The highest BCUT2D eigenvalue weighted by molar-refractivity contribution is 7.90. The Morgan fingerprint density at radius 1 is 1.11 bits per heavy atom. The van der Waals surface area contributed by atoms with E-state index in [1.54, 1.807) is 16.7 Å². The molecule has 1 aliphatic rings. The largest absolute Gasteiger partial charge is 0.384 e. The van der Waals surface area contributed by atoms with Gasteiger partial charge in [-0.2, -0.15) is 4.57 Å². The first-order chi connectivity index (χ1) is 13.4. The van der Waals surface area contributed by atoms with Crippen molar-refractivity contribution in [3.05, 3.63) is 54.4 Å². The third-order valence-electron chi connectivity index (χ3n) is 5.30. The lowest BCUT2D eigenvalue weighted by Gasteiger charge is -2.15. The van der Waals surface area contributed by atoms with Gasteiger partial charge in [-0.25, -0.2) is 8.42 Å². The molecule has 1 heterocycles. The van der Waals surface area contributed by atoms with Crippen LogP contribution >= 0.6 is 0 Å². The minimum atomic E-state index is -3.34. The summed E-state index contributed by atoms with van der Waals surface area (Å²) in [6.07, 6.45) is 6.43. The van der Waals surface area contributed by atoms with Gasteiger partial charge in [0.2, 0.25) is 6.29 Å². The molecule has 0 bridgehead atoms. The lowest BCUT2D eigenvalue weighted by atomic mass is 9.97. The number of benzene rings is 2. The number of fused-ring (bicyclic) bond motifs is 1. The summed E-state index contributed by atoms with van der Waals surface area (Å²) in [7, 11) is -1.51. The van der Waals surface area contributed by atoms with E-state index in [0.29, 0.717) is 11.6 Å². The van der Waals surface area contributed by atoms with E-state index in [4.69, 9.17) is 0 Å². The highest BCUT2D eigenvalue weighted by Crippen LogP contribution is 2.36. The van der Waals surface area contributed by atoms with Gasteiger partial charge in [0.1, 0.15) is 7.05 Å². The van der Waals surface area contributed by atoms with Gasteiger partial charge in [-0.15, -0.1) is 0 Å². The van der Waals surface area contributed by atoms with E-state index in [9.17, 15) is 13.2 Å². The van der Waals surface area contributed by atoms with Gasteiger partial charge < -0.3 is 5.32 Å². The van der Waals surface area contributed by atoms with E-state index in [2.05, 4.69) is 5.32 Å². The molecule has 1 saturated carbocycles. The fourth-order valence-corrected chi connectivity index (χ4v) is 4.18. The van der Waals surface area contributed by atoms with Gasteiger partial charge in [0, 0.05) is 29.4 Å². The van der Waals surface area contributed by atoms with Gasteiger partial charge >= 0.3 is 0 Å². The average molecular weight is 396 g/mol. The van der Waals surface area contributed by atoms with Crippen LogP contribution in [0.15, 0.2) is 53.6 Å². The van der Waals surface area contributed by atoms with Crippen LogP contribution < -0.4 is 9.88 Å². The molecule has 1 fully saturated rings. The van der Waals surface area contributed by atoms with Crippen molar-refractivity contribution in [2.75, 3.05) is 18.1 Å². The Morgan fingerprint density at radius 2 is 1.82 bits per heavy atom. The number of sulfone groups is 1. The molecule has 4 rings (SSSR count). The molecule has 0 atom stereocenters. The quantitative estimate of drug-likeness (QED) is 0.513. The summed E-state index contributed by atoms with van der Waals surface area (Å²) in [6, 6.07) is 12.9. The molecule has 28 heavy (non-hydrogen) atoms. The zero-order valence-electron chi connectivity index (χ0n) is 16.0. The van der Waals surface area contributed by atoms with Crippen molar-refractivity contribution in [2.45, 2.75) is 17.7 Å². The molecule has 6 heteroatoms. The molecule has 144 valence electrons. The number of aryl methyl sites for hydroxylation is 1. The van der Waals surface area contributed by atoms with Crippen LogP contribution in [-0.2, 0) is 16.9 Å². The van der Waals surface area contributed by atoms with Gasteiger partial charge in [-0.1, -0.05) is 18.2 Å². The van der Waals surface area contributed by atoms with E-state index in [1.807, 2.05) is 43.6 Å². The maximum atomic E-state index is 12.2. The van der Waals surface area contributed by atoms with Crippen molar-refractivity contribution < 1.29 is 17.8 Å². The number of anilines is 1. The summed E-state index contributed by atoms with van der Waals surface area (Å²) >= 11 is 0.